The van der Waals surface area contributed by atoms with Crippen LogP contribution in [0, 0.1) is 0 Å². The highest BCUT2D eigenvalue weighted by Gasteiger charge is 2.19. The normalized spacial score (nSPS) is 12.1. The summed E-state index contributed by atoms with van der Waals surface area (Å²) < 4.78 is 17.0. The minimum atomic E-state index is -0.772. The van der Waals surface area contributed by atoms with E-state index in [1.54, 1.807) is 0 Å². The van der Waals surface area contributed by atoms with Crippen molar-refractivity contribution in [2.45, 2.75) is 406 Å². The van der Waals surface area contributed by atoms with Gasteiger partial charge in [-0.2, -0.15) is 0 Å². The van der Waals surface area contributed by atoms with Gasteiger partial charge in [0.1, 0.15) is 13.2 Å². The molecule has 0 saturated heterocycles. The van der Waals surface area contributed by atoms with Crippen molar-refractivity contribution in [2.75, 3.05) is 13.2 Å². The van der Waals surface area contributed by atoms with Gasteiger partial charge in [0.15, 0.2) is 6.10 Å². The summed E-state index contributed by atoms with van der Waals surface area (Å²) in [6.07, 6.45) is 82.1. The van der Waals surface area contributed by atoms with Crippen LogP contribution in [0.5, 0.6) is 0 Å². The van der Waals surface area contributed by atoms with E-state index in [0.29, 0.717) is 19.3 Å². The molecule has 0 aliphatic rings. The molecule has 0 bridgehead atoms. The summed E-state index contributed by atoms with van der Waals surface area (Å²) in [5, 5.41) is 0. The molecule has 1 atom stereocenters. The maximum absolute atomic E-state index is 12.9. The van der Waals surface area contributed by atoms with E-state index in [-0.39, 0.29) is 31.1 Å². The highest BCUT2D eigenvalue weighted by Crippen LogP contribution is 2.19. The third-order valence-electron chi connectivity index (χ3n) is 16.2. The molecule has 0 aliphatic heterocycles. The van der Waals surface area contributed by atoms with Crippen LogP contribution >= 0.6 is 0 Å². The number of allylic oxidation sites excluding steroid dienone is 4. The summed E-state index contributed by atoms with van der Waals surface area (Å²) in [6.45, 7) is 6.69. The van der Waals surface area contributed by atoms with Gasteiger partial charge in [0.25, 0.3) is 0 Å². The quantitative estimate of drug-likeness (QED) is 0.0261. The number of carbonyl (C=O) groups excluding carboxylic acids is 3. The van der Waals surface area contributed by atoms with Crippen molar-refractivity contribution >= 4 is 17.9 Å². The van der Waals surface area contributed by atoms with Gasteiger partial charge in [-0.1, -0.05) is 334 Å². The van der Waals surface area contributed by atoms with Crippen molar-refractivity contribution in [1.82, 2.24) is 0 Å². The van der Waals surface area contributed by atoms with E-state index in [0.717, 1.165) is 64.2 Å². The van der Waals surface area contributed by atoms with Gasteiger partial charge in [0.05, 0.1) is 0 Å². The van der Waals surface area contributed by atoms with Crippen molar-refractivity contribution in [3.63, 3.8) is 0 Å². The molecule has 0 aromatic rings. The van der Waals surface area contributed by atoms with Gasteiger partial charge in [-0.3, -0.25) is 14.4 Å². The Kier molecular flexibility index (Phi) is 65.6. The van der Waals surface area contributed by atoms with Crippen molar-refractivity contribution in [2.24, 2.45) is 0 Å². The molecule has 0 aromatic carbocycles. The Labute approximate surface area is 487 Å². The molecule has 0 fully saturated rings. The lowest BCUT2D eigenvalue weighted by atomic mass is 10.0. The molecule has 1 unspecified atom stereocenters. The molecule has 0 N–H and O–H groups in total. The Hall–Kier alpha value is -2.11. The number of carbonyl (C=O) groups is 3. The summed E-state index contributed by atoms with van der Waals surface area (Å²) in [7, 11) is 0. The Morgan fingerprint density at radius 2 is 0.423 bits per heavy atom. The maximum Gasteiger partial charge on any atom is 0.306 e. The zero-order chi connectivity index (χ0) is 56.4. The van der Waals surface area contributed by atoms with Gasteiger partial charge in [0, 0.05) is 19.3 Å². The van der Waals surface area contributed by atoms with E-state index in [1.165, 1.54) is 295 Å². The largest absolute Gasteiger partial charge is 0.462 e. The van der Waals surface area contributed by atoms with E-state index >= 15 is 0 Å². The first-order valence-electron chi connectivity index (χ1n) is 35.3. The van der Waals surface area contributed by atoms with E-state index < -0.39 is 6.10 Å². The predicted octanol–water partition coefficient (Wildman–Crippen LogP) is 24.2. The fraction of sp³-hybridized carbons (Fsp3) is 0.903. The number of rotatable bonds is 66. The van der Waals surface area contributed by atoms with Crippen molar-refractivity contribution in [1.29, 1.82) is 0 Å². The van der Waals surface area contributed by atoms with Crippen molar-refractivity contribution < 1.29 is 28.6 Å². The van der Waals surface area contributed by atoms with Crippen LogP contribution in [-0.2, 0) is 28.6 Å². The minimum Gasteiger partial charge on any atom is -0.462 e. The van der Waals surface area contributed by atoms with Gasteiger partial charge >= 0.3 is 17.9 Å². The Balaban J connectivity index is 4.19. The van der Waals surface area contributed by atoms with Crippen LogP contribution in [0.4, 0.5) is 0 Å². The fourth-order valence-electron chi connectivity index (χ4n) is 10.8. The van der Waals surface area contributed by atoms with Crippen LogP contribution in [0.3, 0.4) is 0 Å². The van der Waals surface area contributed by atoms with E-state index in [4.69, 9.17) is 14.2 Å². The fourth-order valence-corrected chi connectivity index (χ4v) is 10.8. The molecule has 0 rings (SSSR count). The van der Waals surface area contributed by atoms with E-state index in [2.05, 4.69) is 45.1 Å². The lowest BCUT2D eigenvalue weighted by Crippen LogP contribution is -2.30. The molecule has 78 heavy (non-hydrogen) atoms. The average Bonchev–Trinajstić information content (AvgIpc) is 3.44. The highest BCUT2D eigenvalue weighted by molar-refractivity contribution is 5.71. The Bertz CT molecular complexity index is 1260. The topological polar surface area (TPSA) is 78.9 Å². The number of esters is 3. The third kappa shape index (κ3) is 64.7. The van der Waals surface area contributed by atoms with Gasteiger partial charge in [-0.05, 0) is 70.6 Å². The predicted molar refractivity (Wildman–Crippen MR) is 340 cm³/mol. The summed E-state index contributed by atoms with van der Waals surface area (Å²) >= 11 is 0. The van der Waals surface area contributed by atoms with E-state index in [9.17, 15) is 14.4 Å². The molecule has 0 saturated carbocycles. The van der Waals surface area contributed by atoms with Gasteiger partial charge in [0.2, 0.25) is 0 Å². The number of unbranched alkanes of at least 4 members (excludes halogenated alkanes) is 51. The SMILES string of the molecule is CCCCC/C=C\CCCCCCCC(=O)OCC(COC(=O)CCCCCCCCCCCCCCC/C=C\CCCCCCCCCC)OC(=O)CCCCCCCCCCCCCCCCCCCCCCCCC. The Morgan fingerprint density at radius 3 is 0.667 bits per heavy atom. The van der Waals surface area contributed by atoms with E-state index in [1.807, 2.05) is 0 Å². The number of hydrogen-bond acceptors (Lipinski definition) is 6. The first-order valence-corrected chi connectivity index (χ1v) is 35.3. The van der Waals surface area contributed by atoms with Gasteiger partial charge in [-0.15, -0.1) is 0 Å². The molecular weight excluding hydrogens is 961 g/mol. The first-order chi connectivity index (χ1) is 38.5. The van der Waals surface area contributed by atoms with Crippen molar-refractivity contribution in [3.8, 4) is 0 Å². The van der Waals surface area contributed by atoms with Crippen LogP contribution in [0.1, 0.15) is 400 Å². The minimum absolute atomic E-state index is 0.0684. The third-order valence-corrected chi connectivity index (χ3v) is 16.2. The first kappa shape index (κ1) is 75.9. The summed E-state index contributed by atoms with van der Waals surface area (Å²) in [4.78, 5) is 38.4. The molecule has 0 radical (unpaired) electrons. The van der Waals surface area contributed by atoms with Crippen LogP contribution in [0.25, 0.3) is 0 Å². The van der Waals surface area contributed by atoms with Crippen LogP contribution in [0.15, 0.2) is 24.3 Å². The smallest absolute Gasteiger partial charge is 0.306 e. The molecule has 6 nitrogen and oxygen atoms in total. The molecule has 0 spiro atoms. The number of ether oxygens (including phenoxy) is 3. The second-order valence-electron chi connectivity index (χ2n) is 24.1. The Morgan fingerprint density at radius 1 is 0.244 bits per heavy atom. The highest BCUT2D eigenvalue weighted by atomic mass is 16.6. The molecule has 0 heterocycles. The average molecular weight is 1100 g/mol. The number of hydrogen-bond donors (Lipinski definition) is 0. The molecular formula is C72H136O6. The van der Waals surface area contributed by atoms with Gasteiger partial charge in [-0.25, -0.2) is 0 Å². The van der Waals surface area contributed by atoms with Crippen LogP contribution < -0.4 is 0 Å². The standard InChI is InChI=1S/C72H136O6/c1-4-7-10-13-16-19-22-25-27-29-31-33-35-36-38-39-41-43-45-47-50-53-56-59-62-65-71(74)77-68-69(67-76-70(73)64-61-58-55-52-49-24-21-18-15-12-9-6-3)78-72(75)66-63-60-57-54-51-48-46-44-42-40-37-34-32-30-28-26-23-20-17-14-11-8-5-2/h18,21,29,31,69H,4-17,19-20,22-28,30,32-68H2,1-3H3/b21-18-,31-29-. The zero-order valence-electron chi connectivity index (χ0n) is 53.0. The van der Waals surface area contributed by atoms with Gasteiger partial charge < -0.3 is 14.2 Å². The molecule has 0 aliphatic carbocycles. The second-order valence-corrected chi connectivity index (χ2v) is 24.1. The lowest BCUT2D eigenvalue weighted by Gasteiger charge is -2.18. The summed E-state index contributed by atoms with van der Waals surface area (Å²) in [5.41, 5.74) is 0. The molecule has 460 valence electrons. The maximum atomic E-state index is 12.9. The molecule has 0 amide bonds. The van der Waals surface area contributed by atoms with Crippen molar-refractivity contribution in [3.05, 3.63) is 24.3 Å². The molecule has 0 aromatic heterocycles. The summed E-state index contributed by atoms with van der Waals surface area (Å²) in [6, 6.07) is 0. The molecule has 6 heteroatoms. The van der Waals surface area contributed by atoms with Crippen LogP contribution in [0.2, 0.25) is 0 Å². The monoisotopic (exact) mass is 1100 g/mol. The summed E-state index contributed by atoms with van der Waals surface area (Å²) in [5.74, 6) is -0.847. The zero-order valence-corrected chi connectivity index (χ0v) is 53.0. The van der Waals surface area contributed by atoms with Crippen LogP contribution in [-0.4, -0.2) is 37.2 Å². The second kappa shape index (κ2) is 67.4. The lowest BCUT2D eigenvalue weighted by molar-refractivity contribution is -0.167.